The molecule has 4 rings (SSSR count). The highest BCUT2D eigenvalue weighted by Gasteiger charge is 2.18. The maximum Gasteiger partial charge on any atom is 0.340 e. The average Bonchev–Trinajstić information content (AvgIpc) is 3.34. The molecular weight excluding hydrogens is 380 g/mol. The molecule has 3 aromatic heterocycles. The number of nitrogens with zero attached hydrogens (tertiary/aromatic N) is 4. The molecule has 3 heterocycles. The lowest BCUT2D eigenvalue weighted by molar-refractivity contribution is 0.0474. The van der Waals surface area contributed by atoms with Crippen LogP contribution in [0.3, 0.4) is 0 Å². The number of rotatable bonds is 7. The van der Waals surface area contributed by atoms with Gasteiger partial charge < -0.3 is 9.30 Å². The molecule has 0 aliphatic carbocycles. The van der Waals surface area contributed by atoms with Gasteiger partial charge >= 0.3 is 5.97 Å². The van der Waals surface area contributed by atoms with Gasteiger partial charge in [0.15, 0.2) is 12.3 Å². The largest absolute Gasteiger partial charge is 0.454 e. The van der Waals surface area contributed by atoms with Gasteiger partial charge in [-0.1, -0.05) is 30.3 Å². The molecule has 0 saturated carbocycles. The van der Waals surface area contributed by atoms with Crippen LogP contribution in [0.2, 0.25) is 0 Å². The number of esters is 1. The number of fused-ring (bicyclic) bond motifs is 1. The lowest BCUT2D eigenvalue weighted by atomic mass is 10.1. The first-order chi connectivity index (χ1) is 14.5. The molecule has 0 fully saturated rings. The quantitative estimate of drug-likeness (QED) is 0.350. The smallest absolute Gasteiger partial charge is 0.340 e. The number of ether oxygens (including phenoxy) is 1. The normalized spacial score (nSPS) is 11.0. The molecule has 7 heteroatoms. The average molecular weight is 402 g/mol. The van der Waals surface area contributed by atoms with Crippen molar-refractivity contribution in [2.45, 2.75) is 26.8 Å². The molecule has 0 atom stereocenters. The van der Waals surface area contributed by atoms with Gasteiger partial charge in [0.25, 0.3) is 0 Å². The highest BCUT2D eigenvalue weighted by molar-refractivity contribution is 6.00. The molecular formula is C23H22N4O3. The first-order valence-corrected chi connectivity index (χ1v) is 9.73. The van der Waals surface area contributed by atoms with Gasteiger partial charge in [-0.3, -0.25) is 9.20 Å². The van der Waals surface area contributed by atoms with Gasteiger partial charge in [-0.25, -0.2) is 4.79 Å². The number of Topliss-reactive ketones (excluding diaryl/α,β-unsaturated/α-hetero) is 1. The maximum absolute atomic E-state index is 12.7. The summed E-state index contributed by atoms with van der Waals surface area (Å²) in [6.45, 7) is 4.39. The number of hydrogen-bond donors (Lipinski definition) is 0. The first-order valence-electron chi connectivity index (χ1n) is 9.73. The zero-order valence-corrected chi connectivity index (χ0v) is 16.9. The molecule has 152 valence electrons. The zero-order valence-electron chi connectivity index (χ0n) is 16.9. The van der Waals surface area contributed by atoms with Gasteiger partial charge in [0.2, 0.25) is 5.78 Å². The Hall–Kier alpha value is -3.74. The van der Waals surface area contributed by atoms with E-state index in [0.717, 1.165) is 24.4 Å². The molecule has 0 N–H and O–H groups in total. The van der Waals surface area contributed by atoms with Crippen LogP contribution in [0.1, 0.15) is 37.7 Å². The summed E-state index contributed by atoms with van der Waals surface area (Å²) in [6.07, 6.45) is 3.96. The van der Waals surface area contributed by atoms with Crippen LogP contribution >= 0.6 is 0 Å². The van der Waals surface area contributed by atoms with E-state index in [4.69, 9.17) is 4.74 Å². The predicted molar refractivity (Wildman–Crippen MR) is 112 cm³/mol. The summed E-state index contributed by atoms with van der Waals surface area (Å²) in [6, 6.07) is 15.4. The van der Waals surface area contributed by atoms with Crippen LogP contribution in [0.5, 0.6) is 0 Å². The Morgan fingerprint density at radius 1 is 1.07 bits per heavy atom. The number of hydrogen-bond acceptors (Lipinski definition) is 5. The van der Waals surface area contributed by atoms with Gasteiger partial charge in [0, 0.05) is 29.7 Å². The third-order valence-corrected chi connectivity index (χ3v) is 5.20. The number of pyridine rings is 1. The molecule has 4 aromatic rings. The molecule has 0 unspecified atom stereocenters. The van der Waals surface area contributed by atoms with Crippen molar-refractivity contribution in [2.24, 2.45) is 0 Å². The van der Waals surface area contributed by atoms with Crippen LogP contribution in [-0.2, 0) is 17.7 Å². The molecule has 0 radical (unpaired) electrons. The fraction of sp³-hybridized carbons (Fsp3) is 0.217. The van der Waals surface area contributed by atoms with Crippen LogP contribution in [0.4, 0.5) is 0 Å². The van der Waals surface area contributed by atoms with Crippen molar-refractivity contribution in [3.8, 4) is 0 Å². The van der Waals surface area contributed by atoms with Gasteiger partial charge in [-0.2, -0.15) is 0 Å². The summed E-state index contributed by atoms with van der Waals surface area (Å²) in [4.78, 5) is 25.0. The topological polar surface area (TPSA) is 78.5 Å². The van der Waals surface area contributed by atoms with Crippen molar-refractivity contribution in [3.63, 3.8) is 0 Å². The second-order valence-electron chi connectivity index (χ2n) is 7.19. The number of aryl methyl sites for hydroxylation is 2. The Kier molecular flexibility index (Phi) is 5.43. The van der Waals surface area contributed by atoms with Crippen LogP contribution in [0.25, 0.3) is 5.65 Å². The molecule has 0 saturated heterocycles. The second kappa shape index (κ2) is 8.32. The minimum absolute atomic E-state index is 0.215. The summed E-state index contributed by atoms with van der Waals surface area (Å²) < 4.78 is 9.00. The van der Waals surface area contributed by atoms with Crippen molar-refractivity contribution < 1.29 is 14.3 Å². The minimum Gasteiger partial charge on any atom is -0.454 e. The zero-order chi connectivity index (χ0) is 21.1. The van der Waals surface area contributed by atoms with Crippen LogP contribution in [0, 0.1) is 13.8 Å². The number of benzene rings is 1. The van der Waals surface area contributed by atoms with Crippen LogP contribution < -0.4 is 0 Å². The number of ketones is 1. The van der Waals surface area contributed by atoms with Gasteiger partial charge in [-0.05, 0) is 44.0 Å². The molecule has 7 nitrogen and oxygen atoms in total. The third-order valence-electron chi connectivity index (χ3n) is 5.20. The molecule has 30 heavy (non-hydrogen) atoms. The third kappa shape index (κ3) is 4.00. The van der Waals surface area contributed by atoms with Crippen molar-refractivity contribution in [1.82, 2.24) is 19.2 Å². The first kappa shape index (κ1) is 19.6. The second-order valence-corrected chi connectivity index (χ2v) is 7.19. The molecule has 1 aromatic carbocycles. The van der Waals surface area contributed by atoms with Crippen molar-refractivity contribution >= 4 is 17.4 Å². The lowest BCUT2D eigenvalue weighted by Crippen LogP contribution is -2.15. The van der Waals surface area contributed by atoms with Crippen molar-refractivity contribution in [2.75, 3.05) is 6.61 Å². The Bertz CT molecular complexity index is 1210. The highest BCUT2D eigenvalue weighted by atomic mass is 16.5. The number of aromatic nitrogens is 4. The van der Waals surface area contributed by atoms with E-state index in [9.17, 15) is 9.59 Å². The van der Waals surface area contributed by atoms with Crippen molar-refractivity contribution in [1.29, 1.82) is 0 Å². The van der Waals surface area contributed by atoms with Gasteiger partial charge in [-0.15, -0.1) is 10.2 Å². The van der Waals surface area contributed by atoms with E-state index in [0.29, 0.717) is 16.8 Å². The van der Waals surface area contributed by atoms with E-state index >= 15 is 0 Å². The molecule has 0 aliphatic rings. The molecule has 0 amide bonds. The summed E-state index contributed by atoms with van der Waals surface area (Å²) in [5.74, 6) is -0.773. The molecule has 0 spiro atoms. The Balaban J connectivity index is 1.41. The fourth-order valence-corrected chi connectivity index (χ4v) is 3.55. The van der Waals surface area contributed by atoms with E-state index in [-0.39, 0.29) is 12.4 Å². The number of carbonyl (C=O) groups excluding carboxylic acids is 2. The minimum atomic E-state index is -0.558. The van der Waals surface area contributed by atoms with Gasteiger partial charge in [0.1, 0.15) is 6.33 Å². The number of carbonyl (C=O) groups is 2. The summed E-state index contributed by atoms with van der Waals surface area (Å²) >= 11 is 0. The van der Waals surface area contributed by atoms with E-state index < -0.39 is 5.97 Å². The van der Waals surface area contributed by atoms with E-state index in [1.807, 2.05) is 38.1 Å². The summed E-state index contributed by atoms with van der Waals surface area (Å²) in [5, 5.41) is 7.67. The standard InChI is InChI=1S/C23H22N4O3/c1-16-12-20(17(2)27(16)11-10-18-6-4-3-5-7-18)21(28)14-30-23(29)19-8-9-22-25-24-15-26(22)13-19/h3-9,12-13,15H,10-11,14H2,1-2H3. The molecule has 0 bridgehead atoms. The Morgan fingerprint density at radius 2 is 1.87 bits per heavy atom. The predicted octanol–water partition coefficient (Wildman–Crippen LogP) is 3.43. The monoisotopic (exact) mass is 402 g/mol. The summed E-state index contributed by atoms with van der Waals surface area (Å²) in [7, 11) is 0. The van der Waals surface area contributed by atoms with E-state index in [1.165, 1.54) is 11.9 Å². The van der Waals surface area contributed by atoms with Crippen molar-refractivity contribution in [3.05, 3.63) is 89.1 Å². The SMILES string of the molecule is Cc1cc(C(=O)COC(=O)c2ccc3nncn3c2)c(C)n1CCc1ccccc1. The lowest BCUT2D eigenvalue weighted by Gasteiger charge is -2.10. The van der Waals surface area contributed by atoms with Gasteiger partial charge in [0.05, 0.1) is 5.56 Å². The Labute approximate surface area is 173 Å². The summed E-state index contributed by atoms with van der Waals surface area (Å²) in [5.41, 5.74) is 4.69. The molecule has 0 aliphatic heterocycles. The maximum atomic E-state index is 12.7. The Morgan fingerprint density at radius 3 is 2.67 bits per heavy atom. The fourth-order valence-electron chi connectivity index (χ4n) is 3.55. The van der Waals surface area contributed by atoms with E-state index in [2.05, 4.69) is 26.9 Å². The van der Waals surface area contributed by atoms with E-state index in [1.54, 1.807) is 22.7 Å². The van der Waals surface area contributed by atoms with Crippen LogP contribution in [-0.4, -0.2) is 37.5 Å². The highest BCUT2D eigenvalue weighted by Crippen LogP contribution is 2.17. The van der Waals surface area contributed by atoms with Crippen LogP contribution in [0.15, 0.2) is 61.1 Å².